The molecule has 7 aromatic carbocycles. The average Bonchev–Trinajstić information content (AvgIpc) is 3.23. The van der Waals surface area contributed by atoms with E-state index in [-0.39, 0.29) is 0 Å². The fourth-order valence-corrected chi connectivity index (χ4v) is 6.39. The Morgan fingerprint density at radius 2 is 0.679 bits per heavy atom. The molecule has 53 heavy (non-hydrogen) atoms. The van der Waals surface area contributed by atoms with E-state index < -0.39 is 0 Å². The van der Waals surface area contributed by atoms with E-state index in [0.717, 1.165) is 56.4 Å². The van der Waals surface area contributed by atoms with E-state index in [1.54, 1.807) is 0 Å². The molecule has 0 saturated heterocycles. The maximum Gasteiger partial charge on any atom is 0.0462 e. The van der Waals surface area contributed by atoms with Crippen molar-refractivity contribution in [3.8, 4) is 11.1 Å². The smallest absolute Gasteiger partial charge is 0.0462 e. The van der Waals surface area contributed by atoms with Gasteiger partial charge in [-0.2, -0.15) is 0 Å². The molecule has 7 rings (SSSR count). The molecule has 2 nitrogen and oxygen atoms in total. The molecule has 0 amide bonds. The van der Waals surface area contributed by atoms with Crippen LogP contribution in [0.2, 0.25) is 0 Å². The Morgan fingerprint density at radius 1 is 0.377 bits per heavy atom. The van der Waals surface area contributed by atoms with Gasteiger partial charge in [-0.3, -0.25) is 0 Å². The van der Waals surface area contributed by atoms with Gasteiger partial charge in [-0.25, -0.2) is 0 Å². The van der Waals surface area contributed by atoms with E-state index in [9.17, 15) is 0 Å². The van der Waals surface area contributed by atoms with Crippen LogP contribution in [-0.4, -0.2) is 0 Å². The highest BCUT2D eigenvalue weighted by Crippen LogP contribution is 2.35. The lowest BCUT2D eigenvalue weighted by Crippen LogP contribution is -2.14. The van der Waals surface area contributed by atoms with E-state index >= 15 is 0 Å². The van der Waals surface area contributed by atoms with Crippen molar-refractivity contribution in [2.24, 2.45) is 0 Å². The van der Waals surface area contributed by atoms with Crippen molar-refractivity contribution in [1.82, 2.24) is 0 Å². The zero-order valence-corrected chi connectivity index (χ0v) is 30.0. The van der Waals surface area contributed by atoms with Crippen molar-refractivity contribution in [3.05, 3.63) is 235 Å². The molecule has 0 fully saturated rings. The summed E-state index contributed by atoms with van der Waals surface area (Å²) in [6.07, 6.45) is 12.6. The molecule has 7 aromatic rings. The molecule has 0 bridgehead atoms. The second kappa shape index (κ2) is 16.9. The van der Waals surface area contributed by atoms with Crippen molar-refractivity contribution in [3.63, 3.8) is 0 Å². The van der Waals surface area contributed by atoms with Gasteiger partial charge in [0.25, 0.3) is 0 Å². The maximum absolute atomic E-state index is 4.03. The molecule has 0 aliphatic rings. The number of benzene rings is 7. The van der Waals surface area contributed by atoms with Crippen LogP contribution in [0.25, 0.3) is 35.4 Å². The number of rotatable bonds is 12. The highest BCUT2D eigenvalue weighted by molar-refractivity contribution is 5.79. The van der Waals surface area contributed by atoms with Gasteiger partial charge in [-0.15, -0.1) is 0 Å². The number of para-hydroxylation sites is 3. The van der Waals surface area contributed by atoms with Crippen LogP contribution in [0.1, 0.15) is 29.2 Å². The summed E-state index contributed by atoms with van der Waals surface area (Å²) >= 11 is 0. The second-order valence-corrected chi connectivity index (χ2v) is 12.7. The second-order valence-electron chi connectivity index (χ2n) is 12.7. The zero-order chi connectivity index (χ0) is 36.2. The first-order valence-electron chi connectivity index (χ1n) is 18.0. The quantitative estimate of drug-likeness (QED) is 0.0935. The Hall–Kier alpha value is -6.90. The van der Waals surface area contributed by atoms with E-state index in [1.807, 2.05) is 19.1 Å². The third kappa shape index (κ3) is 8.53. The molecule has 0 heterocycles. The van der Waals surface area contributed by atoms with Crippen LogP contribution < -0.4 is 9.80 Å². The zero-order valence-electron chi connectivity index (χ0n) is 30.0. The molecule has 0 radical (unpaired) electrons. The summed E-state index contributed by atoms with van der Waals surface area (Å²) in [6, 6.07) is 66.2. The monoisotopic (exact) mass is 682 g/mol. The number of nitrogens with zero attached hydrogens (tertiary/aromatic N) is 2. The Kier molecular flexibility index (Phi) is 11.0. The van der Waals surface area contributed by atoms with Gasteiger partial charge in [0, 0.05) is 34.1 Å². The Morgan fingerprint density at radius 3 is 1.04 bits per heavy atom. The summed E-state index contributed by atoms with van der Waals surface area (Å²) in [6.45, 7) is 6.06. The van der Waals surface area contributed by atoms with Crippen LogP contribution in [0.3, 0.4) is 0 Å². The summed E-state index contributed by atoms with van der Waals surface area (Å²) in [4.78, 5) is 4.49. The standard InChI is InChI=1S/C51H42N2/c1-3-46(4-2)52(47-14-8-5-9-15-47)50-36-28-42(29-37-50)22-20-40-24-32-44(33-25-40)45-34-26-41(27-35-45)21-23-43-30-38-51(39-31-43)53(48-16-10-6-11-17-48)49-18-12-7-13-19-49/h3-39H,1H2,2H3/b22-20?,23-21?,46-4+. The highest BCUT2D eigenvalue weighted by atomic mass is 15.1. The van der Waals surface area contributed by atoms with Gasteiger partial charge in [0.05, 0.1) is 0 Å². The van der Waals surface area contributed by atoms with Gasteiger partial charge >= 0.3 is 0 Å². The van der Waals surface area contributed by atoms with Gasteiger partial charge in [0.2, 0.25) is 0 Å². The fraction of sp³-hybridized carbons (Fsp3) is 0.0196. The minimum atomic E-state index is 1.04. The van der Waals surface area contributed by atoms with E-state index in [0.29, 0.717) is 0 Å². The Balaban J connectivity index is 0.983. The van der Waals surface area contributed by atoms with Crippen LogP contribution in [-0.2, 0) is 0 Å². The number of anilines is 5. The predicted octanol–water partition coefficient (Wildman–Crippen LogP) is 14.4. The van der Waals surface area contributed by atoms with Crippen molar-refractivity contribution in [1.29, 1.82) is 0 Å². The lowest BCUT2D eigenvalue weighted by atomic mass is 10.0. The first-order valence-corrected chi connectivity index (χ1v) is 18.0. The third-order valence-electron chi connectivity index (χ3n) is 9.20. The Labute approximate surface area is 314 Å². The molecule has 0 saturated carbocycles. The first-order chi connectivity index (χ1) is 26.2. The van der Waals surface area contributed by atoms with Gasteiger partial charge in [0.15, 0.2) is 0 Å². The molecular formula is C51H42N2. The number of allylic oxidation sites excluding steroid dienone is 2. The van der Waals surface area contributed by atoms with Gasteiger partial charge < -0.3 is 9.80 Å². The third-order valence-corrected chi connectivity index (χ3v) is 9.20. The molecule has 0 unspecified atom stereocenters. The van der Waals surface area contributed by atoms with E-state index in [2.05, 4.69) is 229 Å². The lowest BCUT2D eigenvalue weighted by molar-refractivity contribution is 1.20. The molecule has 0 aliphatic heterocycles. The van der Waals surface area contributed by atoms with Gasteiger partial charge in [-0.1, -0.05) is 164 Å². The predicted molar refractivity (Wildman–Crippen MR) is 230 cm³/mol. The fourth-order valence-electron chi connectivity index (χ4n) is 6.39. The van der Waals surface area contributed by atoms with E-state index in [4.69, 9.17) is 0 Å². The summed E-state index contributed by atoms with van der Waals surface area (Å²) in [7, 11) is 0. The van der Waals surface area contributed by atoms with E-state index in [1.165, 1.54) is 11.1 Å². The molecule has 0 atom stereocenters. The molecule has 0 spiro atoms. The first kappa shape index (κ1) is 34.5. The summed E-state index contributed by atoms with van der Waals surface area (Å²) in [5.41, 5.74) is 13.6. The van der Waals surface area contributed by atoms with Crippen molar-refractivity contribution < 1.29 is 0 Å². The lowest BCUT2D eigenvalue weighted by Gasteiger charge is -2.26. The van der Waals surface area contributed by atoms with Crippen molar-refractivity contribution in [2.45, 2.75) is 6.92 Å². The van der Waals surface area contributed by atoms with Crippen LogP contribution in [0, 0.1) is 0 Å². The normalized spacial score (nSPS) is 11.5. The minimum absolute atomic E-state index is 1.04. The minimum Gasteiger partial charge on any atom is -0.311 e. The summed E-state index contributed by atoms with van der Waals surface area (Å²) < 4.78 is 0. The highest BCUT2D eigenvalue weighted by Gasteiger charge is 2.13. The van der Waals surface area contributed by atoms with Crippen LogP contribution in [0.4, 0.5) is 28.4 Å². The van der Waals surface area contributed by atoms with Crippen molar-refractivity contribution in [2.75, 3.05) is 9.80 Å². The molecule has 2 heteroatoms. The Bertz CT molecular complexity index is 2260. The average molecular weight is 683 g/mol. The maximum atomic E-state index is 4.03. The molecule has 0 aliphatic carbocycles. The van der Waals surface area contributed by atoms with Crippen molar-refractivity contribution >= 4 is 52.7 Å². The number of hydrogen-bond acceptors (Lipinski definition) is 2. The summed E-state index contributed by atoms with van der Waals surface area (Å²) in [5, 5.41) is 0. The number of hydrogen-bond donors (Lipinski definition) is 0. The van der Waals surface area contributed by atoms with Crippen LogP contribution in [0.15, 0.2) is 212 Å². The molecule has 256 valence electrons. The van der Waals surface area contributed by atoms with Crippen LogP contribution in [0.5, 0.6) is 0 Å². The molecular weight excluding hydrogens is 641 g/mol. The summed E-state index contributed by atoms with van der Waals surface area (Å²) in [5.74, 6) is 0. The SMILES string of the molecule is C=C/C(=C\C)N(c1ccccc1)c1ccc(C=Cc2ccc(-c3ccc(C=Cc4ccc(N(c5ccccc5)c5ccccc5)cc4)cc3)cc2)cc1. The largest absolute Gasteiger partial charge is 0.311 e. The molecule has 0 aromatic heterocycles. The molecule has 0 N–H and O–H groups in total. The van der Waals surface area contributed by atoms with Gasteiger partial charge in [0.1, 0.15) is 0 Å². The van der Waals surface area contributed by atoms with Crippen LogP contribution >= 0.6 is 0 Å². The van der Waals surface area contributed by atoms with Gasteiger partial charge in [-0.05, 0) is 107 Å². The topological polar surface area (TPSA) is 6.48 Å².